The highest BCUT2D eigenvalue weighted by Gasteiger charge is 2.28. The van der Waals surface area contributed by atoms with E-state index in [2.05, 4.69) is 19.7 Å². The predicted octanol–water partition coefficient (Wildman–Crippen LogP) is 2.21. The number of aromatic nitrogens is 3. The maximum atomic E-state index is 14.7. The first kappa shape index (κ1) is 23.8. The van der Waals surface area contributed by atoms with Crippen molar-refractivity contribution in [1.29, 1.82) is 0 Å². The van der Waals surface area contributed by atoms with Crippen LogP contribution in [-0.4, -0.2) is 46.4 Å². The van der Waals surface area contributed by atoms with Crippen LogP contribution in [0.15, 0.2) is 47.8 Å². The molecule has 2 heterocycles. The molecule has 9 nitrogen and oxygen atoms in total. The van der Waals surface area contributed by atoms with Gasteiger partial charge in [-0.1, -0.05) is 0 Å². The van der Waals surface area contributed by atoms with Crippen LogP contribution in [0.25, 0.3) is 11.3 Å². The zero-order chi connectivity index (χ0) is 24.5. The topological polar surface area (TPSA) is 148 Å². The van der Waals surface area contributed by atoms with Crippen LogP contribution in [0.2, 0.25) is 0 Å². The average molecular weight is 490 g/mol. The van der Waals surface area contributed by atoms with E-state index in [-0.39, 0.29) is 28.3 Å². The van der Waals surface area contributed by atoms with Gasteiger partial charge >= 0.3 is 0 Å². The Labute approximate surface area is 194 Å². The van der Waals surface area contributed by atoms with Crippen LogP contribution in [0.1, 0.15) is 41.7 Å². The molecule has 0 aliphatic heterocycles. The number of aliphatic hydroxyl groups is 1. The van der Waals surface area contributed by atoms with E-state index in [1.807, 2.05) is 0 Å². The Morgan fingerprint density at radius 2 is 1.85 bits per heavy atom. The van der Waals surface area contributed by atoms with E-state index in [1.54, 1.807) is 0 Å². The number of rotatable bonds is 6. The van der Waals surface area contributed by atoms with Gasteiger partial charge in [-0.2, -0.15) is 0 Å². The molecule has 0 spiro atoms. The molecule has 0 amide bonds. The number of nitrogens with one attached hydrogen (secondary N) is 1. The van der Waals surface area contributed by atoms with Crippen molar-refractivity contribution < 1.29 is 27.1 Å². The molecule has 1 aliphatic carbocycles. The second-order valence-corrected chi connectivity index (χ2v) is 9.63. The number of carbonyl (C=O) groups excluding carboxylic acids is 1. The number of pyridine rings is 1. The molecular weight excluding hydrogens is 468 g/mol. The fourth-order valence-corrected chi connectivity index (χ4v) is 5.13. The Hall–Kier alpha value is -3.35. The third-order valence-electron chi connectivity index (χ3n) is 5.55. The summed E-state index contributed by atoms with van der Waals surface area (Å²) in [5.74, 6) is -3.19. The van der Waals surface area contributed by atoms with Crippen LogP contribution in [0, 0.1) is 11.6 Å². The van der Waals surface area contributed by atoms with Crippen molar-refractivity contribution >= 4 is 21.6 Å². The van der Waals surface area contributed by atoms with Crippen molar-refractivity contribution in [1.82, 2.24) is 19.7 Å². The van der Waals surface area contributed by atoms with Gasteiger partial charge < -0.3 is 10.8 Å². The van der Waals surface area contributed by atoms with Crippen LogP contribution in [0.4, 0.5) is 14.6 Å². The highest BCUT2D eigenvalue weighted by Crippen LogP contribution is 2.29. The van der Waals surface area contributed by atoms with Crippen molar-refractivity contribution in [3.05, 3.63) is 65.7 Å². The summed E-state index contributed by atoms with van der Waals surface area (Å²) in [7, 11) is -4.35. The summed E-state index contributed by atoms with van der Waals surface area (Å²) in [4.78, 5) is 23.8. The van der Waals surface area contributed by atoms with Crippen LogP contribution in [0.5, 0.6) is 0 Å². The van der Waals surface area contributed by atoms with Gasteiger partial charge in [0.15, 0.2) is 11.5 Å². The number of nitrogens with two attached hydrogens (primary N) is 1. The van der Waals surface area contributed by atoms with Gasteiger partial charge in [0.05, 0.1) is 18.0 Å². The Balaban J connectivity index is 1.71. The van der Waals surface area contributed by atoms with Crippen molar-refractivity contribution in [2.75, 3.05) is 5.73 Å². The molecule has 12 heteroatoms. The summed E-state index contributed by atoms with van der Waals surface area (Å²) in [5.41, 5.74) is 5.12. The molecule has 4 rings (SSSR count). The summed E-state index contributed by atoms with van der Waals surface area (Å²) in [6.45, 7) is 0. The molecule has 3 aromatic rings. The normalized spacial score (nSPS) is 18.6. The van der Waals surface area contributed by atoms with Crippen molar-refractivity contribution in [2.45, 2.75) is 42.7 Å². The highest BCUT2D eigenvalue weighted by atomic mass is 32.2. The summed E-state index contributed by atoms with van der Waals surface area (Å²) in [5, 5.41) is 9.60. The van der Waals surface area contributed by atoms with Crippen molar-refractivity contribution in [3.63, 3.8) is 0 Å². The number of hydrogen-bond acceptors (Lipinski definition) is 8. The van der Waals surface area contributed by atoms with E-state index in [0.717, 1.165) is 12.3 Å². The first-order valence-electron chi connectivity index (χ1n) is 10.4. The smallest absolute Gasteiger partial charge is 0.243 e. The fraction of sp³-hybridized carbons (Fsp3) is 0.273. The Morgan fingerprint density at radius 1 is 1.12 bits per heavy atom. The summed E-state index contributed by atoms with van der Waals surface area (Å²) in [6.07, 6.45) is 4.95. The van der Waals surface area contributed by atoms with Crippen LogP contribution in [0.3, 0.4) is 0 Å². The third kappa shape index (κ3) is 4.93. The maximum Gasteiger partial charge on any atom is 0.243 e. The lowest BCUT2D eigenvalue weighted by Gasteiger charge is -2.26. The molecule has 4 N–H and O–H groups in total. The Kier molecular flexibility index (Phi) is 6.64. The van der Waals surface area contributed by atoms with Gasteiger partial charge in [0, 0.05) is 35.6 Å². The molecule has 2 aromatic heterocycles. The SMILES string of the molecule is Nc1ncc(-c2cc(S(=O)(=O)N[C@H]3CC[C@@H](O)CC3)c(F)cc2F)nc1C(=O)c1cccnc1. The zero-order valence-electron chi connectivity index (χ0n) is 17.8. The Bertz CT molecular complexity index is 1330. The minimum Gasteiger partial charge on any atom is -0.393 e. The molecule has 0 atom stereocenters. The summed E-state index contributed by atoms with van der Waals surface area (Å²) >= 11 is 0. The van der Waals surface area contributed by atoms with Crippen LogP contribution >= 0.6 is 0 Å². The van der Waals surface area contributed by atoms with Gasteiger partial charge in [0.25, 0.3) is 0 Å². The molecular formula is C22H21F2N5O4S. The van der Waals surface area contributed by atoms with Gasteiger partial charge in [-0.3, -0.25) is 9.78 Å². The average Bonchev–Trinajstić information content (AvgIpc) is 2.81. The van der Waals surface area contributed by atoms with E-state index >= 15 is 0 Å². The van der Waals surface area contributed by atoms with E-state index in [4.69, 9.17) is 5.73 Å². The lowest BCUT2D eigenvalue weighted by atomic mass is 9.94. The molecule has 0 unspecified atom stereocenters. The quantitative estimate of drug-likeness (QED) is 0.447. The van der Waals surface area contributed by atoms with Gasteiger partial charge in [0.2, 0.25) is 15.8 Å². The number of ketones is 1. The number of carbonyl (C=O) groups is 1. The number of hydrogen-bond donors (Lipinski definition) is 3. The Morgan fingerprint density at radius 3 is 2.53 bits per heavy atom. The van der Waals surface area contributed by atoms with Gasteiger partial charge in [0.1, 0.15) is 16.5 Å². The number of benzene rings is 1. The molecule has 0 radical (unpaired) electrons. The molecule has 1 fully saturated rings. The molecule has 1 aliphatic rings. The molecule has 0 saturated heterocycles. The minimum absolute atomic E-state index is 0.172. The largest absolute Gasteiger partial charge is 0.393 e. The minimum atomic E-state index is -4.35. The number of nitrogen functional groups attached to an aromatic ring is 1. The van der Waals surface area contributed by atoms with E-state index in [9.17, 15) is 27.1 Å². The standard InChI is InChI=1S/C22H21F2N5O4S/c23-16-9-17(24)19(34(32,33)29-13-3-5-14(30)6-4-13)8-15(16)18-11-27-22(25)20(28-18)21(31)12-2-1-7-26-10-12/h1-2,7-11,13-14,29-30H,3-6H2,(H2,25,27)/t13-,14+. The first-order valence-corrected chi connectivity index (χ1v) is 11.9. The van der Waals surface area contributed by atoms with Crippen LogP contribution < -0.4 is 10.5 Å². The molecule has 34 heavy (non-hydrogen) atoms. The van der Waals surface area contributed by atoms with E-state index < -0.39 is 44.5 Å². The number of sulfonamides is 1. The number of aliphatic hydroxyl groups excluding tert-OH is 1. The fourth-order valence-electron chi connectivity index (χ4n) is 3.74. The van der Waals surface area contributed by atoms with E-state index in [0.29, 0.717) is 31.7 Å². The summed E-state index contributed by atoms with van der Waals surface area (Å²) in [6, 6.07) is 3.79. The predicted molar refractivity (Wildman–Crippen MR) is 118 cm³/mol. The molecule has 178 valence electrons. The van der Waals surface area contributed by atoms with Crippen LogP contribution in [-0.2, 0) is 10.0 Å². The summed E-state index contributed by atoms with van der Waals surface area (Å²) < 4.78 is 57.4. The number of halogens is 2. The van der Waals surface area contributed by atoms with Gasteiger partial charge in [-0.05, 0) is 43.9 Å². The lowest BCUT2D eigenvalue weighted by molar-refractivity contribution is 0.103. The van der Waals surface area contributed by atoms with E-state index in [1.165, 1.54) is 24.5 Å². The number of anilines is 1. The van der Waals surface area contributed by atoms with Gasteiger partial charge in [-0.15, -0.1) is 0 Å². The monoisotopic (exact) mass is 489 g/mol. The second-order valence-electron chi connectivity index (χ2n) is 7.95. The molecule has 1 saturated carbocycles. The third-order valence-corrected chi connectivity index (χ3v) is 7.08. The number of nitrogens with zero attached hydrogens (tertiary/aromatic N) is 3. The van der Waals surface area contributed by atoms with Crippen molar-refractivity contribution in [3.8, 4) is 11.3 Å². The zero-order valence-corrected chi connectivity index (χ0v) is 18.6. The molecule has 1 aromatic carbocycles. The highest BCUT2D eigenvalue weighted by molar-refractivity contribution is 7.89. The second kappa shape index (κ2) is 9.49. The van der Waals surface area contributed by atoms with Crippen molar-refractivity contribution in [2.24, 2.45) is 0 Å². The molecule has 0 bridgehead atoms. The van der Waals surface area contributed by atoms with Gasteiger partial charge in [-0.25, -0.2) is 31.9 Å². The lowest BCUT2D eigenvalue weighted by Crippen LogP contribution is -2.38. The first-order chi connectivity index (χ1) is 16.2. The maximum absolute atomic E-state index is 14.7.